The van der Waals surface area contributed by atoms with Gasteiger partial charge in [0.15, 0.2) is 0 Å². The van der Waals surface area contributed by atoms with E-state index in [1.165, 1.54) is 0 Å². The second kappa shape index (κ2) is 9.24. The third kappa shape index (κ3) is 86.1. The Labute approximate surface area is 95.6 Å². The molecule has 0 saturated heterocycles. The van der Waals surface area contributed by atoms with Crippen LogP contribution in [-0.4, -0.2) is 18.6 Å². The first kappa shape index (κ1) is 22.5. The van der Waals surface area contributed by atoms with Crippen LogP contribution >= 0.6 is 0 Å². The van der Waals surface area contributed by atoms with Gasteiger partial charge in [-0.25, -0.2) is 0 Å². The van der Waals surface area contributed by atoms with Gasteiger partial charge in [0.05, 0.1) is 0 Å². The van der Waals surface area contributed by atoms with Gasteiger partial charge in [-0.3, -0.25) is 0 Å². The molecule has 0 bridgehead atoms. The molecule has 0 amide bonds. The Morgan fingerprint density at radius 2 is 1.25 bits per heavy atom. The van der Waals surface area contributed by atoms with Crippen LogP contribution in [0, 0.1) is 0 Å². The Morgan fingerprint density at radius 3 is 1.25 bits per heavy atom. The molecule has 1 N–H and O–H groups in total. The Hall–Kier alpha value is 2.24. The largest absolute Gasteiger partial charge is 1.00 e. The minimum Gasteiger partial charge on any atom is 1.00 e. The summed E-state index contributed by atoms with van der Waals surface area (Å²) in [6, 6.07) is 0. The molecule has 0 aromatic rings. The molecular formula is CH5AsNa2O4. The molecule has 0 unspecified atom stereocenters. The number of hydrogen-bond acceptors (Lipinski definition) is 3. The maximum Gasteiger partial charge on any atom is 1.00 e. The molecule has 0 atom stereocenters. The van der Waals surface area contributed by atoms with Crippen LogP contribution in [0.15, 0.2) is 0 Å². The van der Waals surface area contributed by atoms with Crippen LogP contribution < -0.4 is 67.3 Å². The fourth-order valence-electron chi connectivity index (χ4n) is 0. The first-order valence-corrected chi connectivity index (χ1v) is 3.89. The molecule has 7 heteroatoms. The summed E-state index contributed by atoms with van der Waals surface area (Å²) in [6.07, 6.45) is 0. The molecule has 0 saturated carbocycles. The first-order valence-electron chi connectivity index (χ1n) is 0.748. The van der Waals surface area contributed by atoms with Crippen LogP contribution in [0.2, 0.25) is 0 Å². The molecular weight excluding hydrogens is 197 g/mol. The van der Waals surface area contributed by atoms with Crippen molar-refractivity contribution in [2.45, 2.75) is 7.43 Å². The quantitative estimate of drug-likeness (QED) is 0.395. The topological polar surface area (TPSA) is 83.4 Å². The maximum atomic E-state index is 8.72. The van der Waals surface area contributed by atoms with Gasteiger partial charge in [0.25, 0.3) is 0 Å². The summed E-state index contributed by atoms with van der Waals surface area (Å²) in [6.45, 7) is 0. The van der Waals surface area contributed by atoms with E-state index in [0.29, 0.717) is 0 Å². The van der Waals surface area contributed by atoms with Gasteiger partial charge in [0.2, 0.25) is 0 Å². The fraction of sp³-hybridized carbons (Fsp3) is 1.00. The van der Waals surface area contributed by atoms with Crippen LogP contribution in [0.5, 0.6) is 0 Å². The van der Waals surface area contributed by atoms with Crippen molar-refractivity contribution in [3.8, 4) is 0 Å². The van der Waals surface area contributed by atoms with Crippen molar-refractivity contribution < 1.29 is 75.1 Å². The van der Waals surface area contributed by atoms with E-state index in [4.69, 9.17) is 16.0 Å². The minimum absolute atomic E-state index is 0. The summed E-state index contributed by atoms with van der Waals surface area (Å²) in [5.74, 6) is 0. The van der Waals surface area contributed by atoms with E-state index < -0.39 is 14.5 Å². The molecule has 0 aromatic heterocycles. The zero-order chi connectivity index (χ0) is 4.50. The third-order valence-corrected chi connectivity index (χ3v) is 0. The molecule has 0 heterocycles. The first-order chi connectivity index (χ1) is 2.00. The average molecular weight is 202 g/mol. The van der Waals surface area contributed by atoms with Crippen LogP contribution in [0.1, 0.15) is 7.43 Å². The van der Waals surface area contributed by atoms with Gasteiger partial charge < -0.3 is 0 Å². The van der Waals surface area contributed by atoms with Gasteiger partial charge in [0, 0.05) is 0 Å². The molecule has 0 fully saturated rings. The molecule has 0 radical (unpaired) electrons. The van der Waals surface area contributed by atoms with Crippen LogP contribution in [0.3, 0.4) is 0 Å². The summed E-state index contributed by atoms with van der Waals surface area (Å²) in [7, 11) is 0. The number of rotatable bonds is 0. The summed E-state index contributed by atoms with van der Waals surface area (Å²) < 4.78 is 33.2. The van der Waals surface area contributed by atoms with E-state index in [1.807, 2.05) is 0 Å². The summed E-state index contributed by atoms with van der Waals surface area (Å²) >= 11 is -5.62. The van der Waals surface area contributed by atoms with Crippen molar-refractivity contribution in [2.75, 3.05) is 0 Å². The standard InChI is InChI=1S/CH4.AsH3O4.2Na/c;2-1(3,4)5;;/h1H4;(H3,2,3,4,5);;/q;;2*+1/p-2. The van der Waals surface area contributed by atoms with E-state index in [1.54, 1.807) is 0 Å². The van der Waals surface area contributed by atoms with Gasteiger partial charge in [-0.15, -0.1) is 0 Å². The smallest absolute Gasteiger partial charge is 1.00 e. The van der Waals surface area contributed by atoms with E-state index in [2.05, 4.69) is 0 Å². The second-order valence-corrected chi connectivity index (χ2v) is 2.43. The molecule has 8 heavy (non-hydrogen) atoms. The predicted molar refractivity (Wildman–Crippen MR) is 15.4 cm³/mol. The van der Waals surface area contributed by atoms with E-state index >= 15 is 0 Å². The second-order valence-electron chi connectivity index (χ2n) is 0.469. The van der Waals surface area contributed by atoms with Crippen LogP contribution in [-0.2, 0) is 3.74 Å². The third-order valence-electron chi connectivity index (χ3n) is 0. The minimum atomic E-state index is -5.62. The monoisotopic (exact) mass is 202 g/mol. The van der Waals surface area contributed by atoms with Crippen LogP contribution in [0.4, 0.5) is 0 Å². The molecule has 0 aliphatic carbocycles. The Morgan fingerprint density at radius 1 is 1.25 bits per heavy atom. The predicted octanol–water partition coefficient (Wildman–Crippen LogP) is -8.79. The fourth-order valence-corrected chi connectivity index (χ4v) is 0. The summed E-state index contributed by atoms with van der Waals surface area (Å²) in [5, 5.41) is 0. The Kier molecular flexibility index (Phi) is 25.9. The normalized spacial score (nSPS) is 7.38. The van der Waals surface area contributed by atoms with E-state index in [0.717, 1.165) is 0 Å². The van der Waals surface area contributed by atoms with Crippen molar-refractivity contribution in [1.29, 1.82) is 0 Å². The average Bonchev–Trinajstić information content (AvgIpc) is 0.722. The van der Waals surface area contributed by atoms with Crippen molar-refractivity contribution in [1.82, 2.24) is 0 Å². The van der Waals surface area contributed by atoms with Crippen molar-refractivity contribution in [2.24, 2.45) is 0 Å². The van der Waals surface area contributed by atoms with Gasteiger partial charge in [-0.1, -0.05) is 7.43 Å². The Bertz CT molecular complexity index is 60.2. The molecule has 0 aliphatic heterocycles. The zero-order valence-electron chi connectivity index (χ0n) is 4.12. The Balaban J connectivity index is -0.0000000267. The van der Waals surface area contributed by atoms with E-state index in [9.17, 15) is 0 Å². The maximum absolute atomic E-state index is 8.72. The zero-order valence-corrected chi connectivity index (χ0v) is 10.00. The number of hydrogen-bond donors (Lipinski definition) is 1. The SMILES string of the molecule is C.O=[As]([O-])([O-])O.[Na+].[Na+]. The summed E-state index contributed by atoms with van der Waals surface area (Å²) in [5.41, 5.74) is 0. The summed E-state index contributed by atoms with van der Waals surface area (Å²) in [4.78, 5) is 0. The van der Waals surface area contributed by atoms with Crippen molar-refractivity contribution >= 4 is 14.5 Å². The van der Waals surface area contributed by atoms with Gasteiger partial charge in [-0.05, 0) is 0 Å². The molecule has 0 rings (SSSR count). The van der Waals surface area contributed by atoms with Crippen molar-refractivity contribution in [3.05, 3.63) is 0 Å². The molecule has 0 aromatic carbocycles. The molecule has 4 nitrogen and oxygen atoms in total. The molecule has 0 aliphatic rings. The van der Waals surface area contributed by atoms with Crippen molar-refractivity contribution in [3.63, 3.8) is 0 Å². The van der Waals surface area contributed by atoms with Gasteiger partial charge in [0.1, 0.15) is 0 Å². The van der Waals surface area contributed by atoms with Gasteiger partial charge >= 0.3 is 89.7 Å². The van der Waals surface area contributed by atoms with E-state index in [-0.39, 0.29) is 66.5 Å². The molecule has 0 spiro atoms. The van der Waals surface area contributed by atoms with Crippen LogP contribution in [0.25, 0.3) is 0 Å². The van der Waals surface area contributed by atoms with Gasteiger partial charge in [-0.2, -0.15) is 0 Å². The molecule has 40 valence electrons.